The molecule has 3 rings (SSSR count). The maximum absolute atomic E-state index is 9.72. The fraction of sp³-hybridized carbons (Fsp3) is 0.300. The standard InChI is InChI=1S/C20H24N4O2/c1-13-10-15(8-9-17(13)25)23-20-19-16(21-12-22-20)6-5-7-18(19)26-14(2)11-24(3)4/h5-10,12,14,25H,11H2,1-4H3,(H,21,22,23)/t14-/m1/s1. The van der Waals surface area contributed by atoms with Crippen LogP contribution in [-0.4, -0.2) is 46.7 Å². The molecule has 0 saturated carbocycles. The van der Waals surface area contributed by atoms with Crippen LogP contribution in [0, 0.1) is 6.92 Å². The predicted molar refractivity (Wildman–Crippen MR) is 104 cm³/mol. The Kier molecular flexibility index (Phi) is 5.23. The van der Waals surface area contributed by atoms with Crippen LogP contribution >= 0.6 is 0 Å². The molecule has 0 radical (unpaired) electrons. The van der Waals surface area contributed by atoms with Gasteiger partial charge in [-0.1, -0.05) is 6.07 Å². The summed E-state index contributed by atoms with van der Waals surface area (Å²) < 4.78 is 6.16. The van der Waals surface area contributed by atoms with Crippen LogP contribution in [0.2, 0.25) is 0 Å². The number of aromatic nitrogens is 2. The minimum atomic E-state index is 0.0274. The van der Waals surface area contributed by atoms with Crippen molar-refractivity contribution in [3.63, 3.8) is 0 Å². The van der Waals surface area contributed by atoms with E-state index in [0.717, 1.165) is 34.4 Å². The zero-order chi connectivity index (χ0) is 18.7. The molecule has 0 spiro atoms. The lowest BCUT2D eigenvalue weighted by atomic mass is 10.1. The molecule has 1 atom stereocenters. The molecule has 6 nitrogen and oxygen atoms in total. The highest BCUT2D eigenvalue weighted by Gasteiger charge is 2.13. The number of rotatable bonds is 6. The van der Waals surface area contributed by atoms with E-state index in [1.807, 2.05) is 58.3 Å². The van der Waals surface area contributed by atoms with E-state index in [9.17, 15) is 5.11 Å². The van der Waals surface area contributed by atoms with Gasteiger partial charge in [0.15, 0.2) is 0 Å². The van der Waals surface area contributed by atoms with Crippen molar-refractivity contribution in [3.05, 3.63) is 48.3 Å². The number of benzene rings is 2. The first kappa shape index (κ1) is 17.9. The van der Waals surface area contributed by atoms with Gasteiger partial charge in [0.05, 0.1) is 10.9 Å². The Balaban J connectivity index is 1.98. The average Bonchev–Trinajstić information content (AvgIpc) is 2.58. The molecule has 6 heteroatoms. The molecule has 0 aliphatic rings. The van der Waals surface area contributed by atoms with Crippen molar-refractivity contribution < 1.29 is 9.84 Å². The highest BCUT2D eigenvalue weighted by molar-refractivity contribution is 5.95. The number of nitrogens with zero attached hydrogens (tertiary/aromatic N) is 3. The topological polar surface area (TPSA) is 70.5 Å². The summed E-state index contributed by atoms with van der Waals surface area (Å²) in [5.74, 6) is 1.69. The lowest BCUT2D eigenvalue weighted by molar-refractivity contribution is 0.179. The summed E-state index contributed by atoms with van der Waals surface area (Å²) in [5, 5.41) is 13.9. The van der Waals surface area contributed by atoms with E-state index in [1.165, 1.54) is 6.33 Å². The summed E-state index contributed by atoms with van der Waals surface area (Å²) in [6.45, 7) is 4.71. The second-order valence-electron chi connectivity index (χ2n) is 6.69. The average molecular weight is 352 g/mol. The monoisotopic (exact) mass is 352 g/mol. The van der Waals surface area contributed by atoms with E-state index in [4.69, 9.17) is 4.74 Å². The van der Waals surface area contributed by atoms with Crippen LogP contribution < -0.4 is 10.1 Å². The van der Waals surface area contributed by atoms with Crippen LogP contribution in [0.3, 0.4) is 0 Å². The number of hydrogen-bond acceptors (Lipinski definition) is 6. The van der Waals surface area contributed by atoms with Crippen LogP contribution in [0.1, 0.15) is 12.5 Å². The fourth-order valence-electron chi connectivity index (χ4n) is 2.91. The number of fused-ring (bicyclic) bond motifs is 1. The summed E-state index contributed by atoms with van der Waals surface area (Å²) in [7, 11) is 4.04. The second kappa shape index (κ2) is 7.58. The quantitative estimate of drug-likeness (QED) is 0.659. The zero-order valence-corrected chi connectivity index (χ0v) is 15.5. The van der Waals surface area contributed by atoms with Crippen LogP contribution in [0.5, 0.6) is 11.5 Å². The van der Waals surface area contributed by atoms with Gasteiger partial charge in [-0.2, -0.15) is 0 Å². The van der Waals surface area contributed by atoms with E-state index in [1.54, 1.807) is 6.07 Å². The molecule has 0 fully saturated rings. The van der Waals surface area contributed by atoms with E-state index in [2.05, 4.69) is 20.2 Å². The lowest BCUT2D eigenvalue weighted by Crippen LogP contribution is -2.28. The number of hydrogen-bond donors (Lipinski definition) is 2. The number of phenols is 1. The third kappa shape index (κ3) is 4.03. The van der Waals surface area contributed by atoms with Gasteiger partial charge in [0, 0.05) is 12.2 Å². The minimum absolute atomic E-state index is 0.0274. The number of aryl methyl sites for hydroxylation is 1. The van der Waals surface area contributed by atoms with E-state index in [-0.39, 0.29) is 11.9 Å². The maximum atomic E-state index is 9.72. The van der Waals surface area contributed by atoms with Gasteiger partial charge in [-0.25, -0.2) is 9.97 Å². The predicted octanol–water partition coefficient (Wildman–Crippen LogP) is 3.72. The highest BCUT2D eigenvalue weighted by atomic mass is 16.5. The summed E-state index contributed by atoms with van der Waals surface area (Å²) in [4.78, 5) is 10.9. The maximum Gasteiger partial charge on any atom is 0.145 e. The molecule has 1 heterocycles. The van der Waals surface area contributed by atoms with E-state index < -0.39 is 0 Å². The molecule has 0 unspecified atom stereocenters. The Labute approximate surface area is 153 Å². The molecule has 0 aliphatic heterocycles. The summed E-state index contributed by atoms with van der Waals surface area (Å²) in [6.07, 6.45) is 1.56. The second-order valence-corrected chi connectivity index (χ2v) is 6.69. The van der Waals surface area contributed by atoms with Crippen molar-refractivity contribution in [1.82, 2.24) is 14.9 Å². The molecule has 2 aromatic carbocycles. The molecule has 2 N–H and O–H groups in total. The Hall–Kier alpha value is -2.86. The first-order chi connectivity index (χ1) is 12.4. The van der Waals surface area contributed by atoms with Crippen molar-refractivity contribution in [2.24, 2.45) is 0 Å². The van der Waals surface area contributed by atoms with Crippen LogP contribution in [0.25, 0.3) is 10.9 Å². The molecule has 0 amide bonds. The Morgan fingerprint density at radius 2 is 2.00 bits per heavy atom. The van der Waals surface area contributed by atoms with Gasteiger partial charge < -0.3 is 20.1 Å². The Morgan fingerprint density at radius 1 is 1.19 bits per heavy atom. The number of ether oxygens (including phenoxy) is 1. The molecular weight excluding hydrogens is 328 g/mol. The molecule has 3 aromatic rings. The molecule has 1 aromatic heterocycles. The first-order valence-corrected chi connectivity index (χ1v) is 8.56. The third-order valence-corrected chi connectivity index (χ3v) is 4.03. The number of anilines is 2. The number of nitrogens with one attached hydrogen (secondary N) is 1. The third-order valence-electron chi connectivity index (χ3n) is 4.03. The first-order valence-electron chi connectivity index (χ1n) is 8.56. The zero-order valence-electron chi connectivity index (χ0n) is 15.5. The summed E-state index contributed by atoms with van der Waals surface area (Å²) in [5.41, 5.74) is 2.45. The van der Waals surface area contributed by atoms with Gasteiger partial charge in [-0.3, -0.25) is 0 Å². The fourth-order valence-corrected chi connectivity index (χ4v) is 2.91. The van der Waals surface area contributed by atoms with Crippen LogP contribution in [0.4, 0.5) is 11.5 Å². The SMILES string of the molecule is Cc1cc(Nc2ncnc3cccc(O[C@H](C)CN(C)C)c23)ccc1O. The van der Waals surface area contributed by atoms with Gasteiger partial charge in [-0.05, 0) is 63.8 Å². The molecule has 0 aliphatic carbocycles. The number of phenolic OH excluding ortho intramolecular Hbond substituents is 1. The van der Waals surface area contributed by atoms with Gasteiger partial charge in [0.25, 0.3) is 0 Å². The van der Waals surface area contributed by atoms with Gasteiger partial charge in [-0.15, -0.1) is 0 Å². The molecule has 0 bridgehead atoms. The minimum Gasteiger partial charge on any atom is -0.508 e. The van der Waals surface area contributed by atoms with Crippen molar-refractivity contribution in [2.75, 3.05) is 26.0 Å². The largest absolute Gasteiger partial charge is 0.508 e. The summed E-state index contributed by atoms with van der Waals surface area (Å²) >= 11 is 0. The molecule has 26 heavy (non-hydrogen) atoms. The number of likely N-dealkylation sites (N-methyl/N-ethyl adjacent to an activating group) is 1. The van der Waals surface area contributed by atoms with Crippen molar-refractivity contribution in [1.29, 1.82) is 0 Å². The lowest BCUT2D eigenvalue weighted by Gasteiger charge is -2.20. The van der Waals surface area contributed by atoms with Crippen molar-refractivity contribution in [2.45, 2.75) is 20.0 Å². The van der Waals surface area contributed by atoms with Gasteiger partial charge >= 0.3 is 0 Å². The summed E-state index contributed by atoms with van der Waals surface area (Å²) in [6, 6.07) is 11.2. The van der Waals surface area contributed by atoms with Crippen molar-refractivity contribution in [3.8, 4) is 11.5 Å². The molecular formula is C20H24N4O2. The highest BCUT2D eigenvalue weighted by Crippen LogP contribution is 2.32. The van der Waals surface area contributed by atoms with Crippen molar-refractivity contribution >= 4 is 22.4 Å². The normalized spacial score (nSPS) is 12.3. The van der Waals surface area contributed by atoms with E-state index in [0.29, 0.717) is 5.82 Å². The van der Waals surface area contributed by atoms with Crippen LogP contribution in [0.15, 0.2) is 42.7 Å². The molecule has 136 valence electrons. The van der Waals surface area contributed by atoms with Gasteiger partial charge in [0.1, 0.15) is 29.7 Å². The Bertz CT molecular complexity index is 906. The smallest absolute Gasteiger partial charge is 0.145 e. The number of aromatic hydroxyl groups is 1. The Morgan fingerprint density at radius 3 is 2.73 bits per heavy atom. The van der Waals surface area contributed by atoms with Gasteiger partial charge in [0.2, 0.25) is 0 Å². The molecule has 0 saturated heterocycles. The van der Waals surface area contributed by atoms with Crippen LogP contribution in [-0.2, 0) is 0 Å². The van der Waals surface area contributed by atoms with E-state index >= 15 is 0 Å².